The Balaban J connectivity index is 1.74. The number of ether oxygens (including phenoxy) is 1. The zero-order valence-corrected chi connectivity index (χ0v) is 21.3. The van der Waals surface area contributed by atoms with Gasteiger partial charge < -0.3 is 20.3 Å². The maximum absolute atomic E-state index is 14.7. The van der Waals surface area contributed by atoms with E-state index in [1.807, 2.05) is 32.0 Å². The van der Waals surface area contributed by atoms with Gasteiger partial charge >= 0.3 is 0 Å². The van der Waals surface area contributed by atoms with Gasteiger partial charge in [0.1, 0.15) is 23.8 Å². The number of nitrogens with one attached hydrogen (secondary N) is 1. The topological polar surface area (TPSA) is 100 Å². The monoisotopic (exact) mass is 510 g/mol. The highest BCUT2D eigenvalue weighted by atomic mass is 35.5. The number of fused-ring (bicyclic) bond motifs is 1. The zero-order valence-electron chi connectivity index (χ0n) is 20.5. The minimum Gasteiger partial charge on any atom is -0.491 e. The highest BCUT2D eigenvalue weighted by Crippen LogP contribution is 2.37. The minimum absolute atomic E-state index is 0.121. The highest BCUT2D eigenvalue weighted by Gasteiger charge is 2.20. The number of aliphatic hydroxyl groups is 2. The van der Waals surface area contributed by atoms with Crippen molar-refractivity contribution in [1.82, 2.24) is 15.0 Å². The number of halogens is 2. The number of nitrogens with zero attached hydrogens (tertiary/aromatic N) is 3. The SMILES string of the molecule is Cc1nc2ccc(-c3cnc(C(C)(C)O)nc3)cc2c(NC(C)c2cc(OCCO)ccc2F)c1Cl. The van der Waals surface area contributed by atoms with Crippen molar-refractivity contribution in [3.05, 3.63) is 76.7 Å². The molecule has 1 atom stereocenters. The minimum atomic E-state index is -1.14. The summed E-state index contributed by atoms with van der Waals surface area (Å²) in [4.78, 5) is 13.2. The van der Waals surface area contributed by atoms with Crippen LogP contribution in [-0.4, -0.2) is 38.4 Å². The van der Waals surface area contributed by atoms with E-state index < -0.39 is 11.6 Å². The fourth-order valence-electron chi connectivity index (χ4n) is 3.88. The van der Waals surface area contributed by atoms with Crippen LogP contribution in [0.1, 0.15) is 43.9 Å². The van der Waals surface area contributed by atoms with Crippen LogP contribution in [0.25, 0.3) is 22.0 Å². The summed E-state index contributed by atoms with van der Waals surface area (Å²) in [6.07, 6.45) is 3.32. The van der Waals surface area contributed by atoms with Gasteiger partial charge in [-0.25, -0.2) is 14.4 Å². The van der Waals surface area contributed by atoms with Crippen LogP contribution in [0.5, 0.6) is 5.75 Å². The average molecular weight is 511 g/mol. The zero-order chi connectivity index (χ0) is 26.0. The molecule has 0 spiro atoms. The first-order valence-corrected chi connectivity index (χ1v) is 11.9. The number of pyridine rings is 1. The van der Waals surface area contributed by atoms with Crippen LogP contribution in [0.2, 0.25) is 5.02 Å². The van der Waals surface area contributed by atoms with Crippen molar-refractivity contribution in [3.63, 3.8) is 0 Å². The molecular formula is C27H28ClFN4O3. The largest absolute Gasteiger partial charge is 0.491 e. The molecule has 2 heterocycles. The first kappa shape index (κ1) is 25.8. The Morgan fingerprint density at radius 3 is 2.50 bits per heavy atom. The molecule has 2 aromatic carbocycles. The van der Waals surface area contributed by atoms with E-state index in [4.69, 9.17) is 21.4 Å². The Bertz CT molecular complexity index is 1390. The van der Waals surface area contributed by atoms with E-state index in [9.17, 15) is 9.50 Å². The third kappa shape index (κ3) is 5.41. The van der Waals surface area contributed by atoms with Gasteiger partial charge in [-0.1, -0.05) is 17.7 Å². The number of aromatic nitrogens is 3. The van der Waals surface area contributed by atoms with Gasteiger partial charge in [0.15, 0.2) is 5.82 Å². The molecule has 0 fully saturated rings. The molecule has 0 aliphatic rings. The summed E-state index contributed by atoms with van der Waals surface area (Å²) in [7, 11) is 0. The fraction of sp³-hybridized carbons (Fsp3) is 0.296. The summed E-state index contributed by atoms with van der Waals surface area (Å²) in [6, 6.07) is 9.76. The predicted molar refractivity (Wildman–Crippen MR) is 139 cm³/mol. The van der Waals surface area contributed by atoms with Gasteiger partial charge in [-0.15, -0.1) is 0 Å². The van der Waals surface area contributed by atoms with Crippen LogP contribution in [0.4, 0.5) is 10.1 Å². The molecule has 0 amide bonds. The molecule has 1 unspecified atom stereocenters. The van der Waals surface area contributed by atoms with Crippen molar-refractivity contribution in [2.45, 2.75) is 39.3 Å². The fourth-order valence-corrected chi connectivity index (χ4v) is 4.08. The van der Waals surface area contributed by atoms with E-state index in [1.54, 1.807) is 32.3 Å². The molecule has 0 aliphatic carbocycles. The van der Waals surface area contributed by atoms with Crippen molar-refractivity contribution in [2.24, 2.45) is 0 Å². The van der Waals surface area contributed by atoms with Crippen LogP contribution in [0.15, 0.2) is 48.8 Å². The molecule has 9 heteroatoms. The Morgan fingerprint density at radius 1 is 1.11 bits per heavy atom. The number of aryl methyl sites for hydroxylation is 1. The average Bonchev–Trinajstić information content (AvgIpc) is 2.85. The summed E-state index contributed by atoms with van der Waals surface area (Å²) >= 11 is 6.69. The maximum Gasteiger partial charge on any atom is 0.159 e. The van der Waals surface area contributed by atoms with Crippen molar-refractivity contribution >= 4 is 28.2 Å². The molecule has 2 aromatic heterocycles. The van der Waals surface area contributed by atoms with E-state index in [2.05, 4.69) is 20.3 Å². The Hall–Kier alpha value is -3.33. The lowest BCUT2D eigenvalue weighted by molar-refractivity contribution is 0.0687. The number of benzene rings is 2. The number of hydrogen-bond donors (Lipinski definition) is 3. The molecule has 3 N–H and O–H groups in total. The first-order valence-electron chi connectivity index (χ1n) is 11.5. The third-order valence-electron chi connectivity index (χ3n) is 5.78. The first-order chi connectivity index (χ1) is 17.1. The van der Waals surface area contributed by atoms with Crippen LogP contribution < -0.4 is 10.1 Å². The molecule has 0 radical (unpaired) electrons. The molecule has 188 valence electrons. The number of hydrogen-bond acceptors (Lipinski definition) is 7. The highest BCUT2D eigenvalue weighted by molar-refractivity contribution is 6.35. The Morgan fingerprint density at radius 2 is 1.83 bits per heavy atom. The lowest BCUT2D eigenvalue weighted by Gasteiger charge is -2.21. The van der Waals surface area contributed by atoms with Gasteiger partial charge in [-0.3, -0.25) is 4.98 Å². The summed E-state index contributed by atoms with van der Waals surface area (Å²) in [5.41, 5.74) is 2.86. The molecule has 0 bridgehead atoms. The summed E-state index contributed by atoms with van der Waals surface area (Å²) in [6.45, 7) is 6.90. The van der Waals surface area contributed by atoms with Gasteiger partial charge in [-0.2, -0.15) is 0 Å². The predicted octanol–water partition coefficient (Wildman–Crippen LogP) is 5.56. The number of aliphatic hydroxyl groups excluding tert-OH is 1. The molecule has 0 saturated heterocycles. The smallest absolute Gasteiger partial charge is 0.159 e. The second-order valence-electron chi connectivity index (χ2n) is 9.09. The second kappa shape index (κ2) is 10.3. The van der Waals surface area contributed by atoms with E-state index in [0.29, 0.717) is 33.5 Å². The molecule has 0 saturated carbocycles. The van der Waals surface area contributed by atoms with Crippen LogP contribution in [-0.2, 0) is 5.60 Å². The quantitative estimate of drug-likeness (QED) is 0.285. The lowest BCUT2D eigenvalue weighted by atomic mass is 10.0. The van der Waals surface area contributed by atoms with Crippen LogP contribution >= 0.6 is 11.6 Å². The van der Waals surface area contributed by atoms with E-state index in [0.717, 1.165) is 22.0 Å². The van der Waals surface area contributed by atoms with Crippen molar-refractivity contribution in [3.8, 4) is 16.9 Å². The Kier molecular flexibility index (Phi) is 7.40. The van der Waals surface area contributed by atoms with Gasteiger partial charge in [0.05, 0.1) is 34.6 Å². The molecular weight excluding hydrogens is 483 g/mol. The normalized spacial score (nSPS) is 12.6. The summed E-state index contributed by atoms with van der Waals surface area (Å²) in [5, 5.41) is 23.7. The third-order valence-corrected chi connectivity index (χ3v) is 6.24. The number of rotatable bonds is 8. The molecule has 4 aromatic rings. The number of anilines is 1. The van der Waals surface area contributed by atoms with Crippen molar-refractivity contribution in [2.75, 3.05) is 18.5 Å². The van der Waals surface area contributed by atoms with Crippen molar-refractivity contribution < 1.29 is 19.3 Å². The Labute approximate surface area is 214 Å². The van der Waals surface area contributed by atoms with Gasteiger partial charge in [0.25, 0.3) is 0 Å². The van der Waals surface area contributed by atoms with Gasteiger partial charge in [0, 0.05) is 28.9 Å². The molecule has 7 nitrogen and oxygen atoms in total. The van der Waals surface area contributed by atoms with E-state index >= 15 is 0 Å². The lowest BCUT2D eigenvalue weighted by Crippen LogP contribution is -2.19. The van der Waals surface area contributed by atoms with Crippen molar-refractivity contribution in [1.29, 1.82) is 0 Å². The van der Waals surface area contributed by atoms with E-state index in [-0.39, 0.29) is 19.0 Å². The maximum atomic E-state index is 14.7. The second-order valence-corrected chi connectivity index (χ2v) is 9.47. The van der Waals surface area contributed by atoms with E-state index in [1.165, 1.54) is 12.1 Å². The van der Waals surface area contributed by atoms with Gasteiger partial charge in [-0.05, 0) is 63.6 Å². The molecule has 36 heavy (non-hydrogen) atoms. The molecule has 0 aliphatic heterocycles. The molecule has 4 rings (SSSR count). The van der Waals surface area contributed by atoms with Crippen LogP contribution in [0, 0.1) is 12.7 Å². The summed E-state index contributed by atoms with van der Waals surface area (Å²) < 4.78 is 20.2. The van der Waals surface area contributed by atoms with Gasteiger partial charge in [0.2, 0.25) is 0 Å². The standard InChI is InChI=1S/C27H28ClFN4O3/c1-15(20-12-19(36-10-9-34)6-7-22(20)29)33-25-21-11-17(5-8-23(21)32-16(2)24(25)28)18-13-30-26(31-14-18)27(3,4)35/h5-8,11-15,34-35H,9-10H2,1-4H3,(H,32,33). The van der Waals surface area contributed by atoms with Crippen LogP contribution in [0.3, 0.4) is 0 Å². The summed E-state index contributed by atoms with van der Waals surface area (Å²) in [5.74, 6) is 0.408.